The lowest BCUT2D eigenvalue weighted by molar-refractivity contribution is -0.0520. The van der Waals surface area contributed by atoms with Crippen molar-refractivity contribution in [1.29, 1.82) is 0 Å². The van der Waals surface area contributed by atoms with Gasteiger partial charge in [0.25, 0.3) is 0 Å². The second kappa shape index (κ2) is 13.0. The van der Waals surface area contributed by atoms with Crippen LogP contribution in [0.5, 0.6) is 11.5 Å². The molecule has 1 unspecified atom stereocenters. The Balaban J connectivity index is 0.00000392. The number of hydrogen-bond acceptors (Lipinski definition) is 4. The number of ether oxygens (including phenoxy) is 2. The Bertz CT molecular complexity index is 620. The van der Waals surface area contributed by atoms with Gasteiger partial charge in [-0.3, -0.25) is 0 Å². The molecular weight excluding hydrogens is 481 g/mol. The van der Waals surface area contributed by atoms with Gasteiger partial charge in [-0.25, -0.2) is 4.99 Å². The monoisotopic (exact) mass is 512 g/mol. The topological polar surface area (TPSA) is 58.1 Å². The quantitative estimate of drug-likeness (QED) is 0.302. The third kappa shape index (κ3) is 7.57. The highest BCUT2D eigenvalue weighted by atomic mass is 127. The molecular formula is C19H31F2IN4O2. The summed E-state index contributed by atoms with van der Waals surface area (Å²) in [7, 11) is 2.12. The fraction of sp³-hybridized carbons (Fsp3) is 0.632. The molecule has 0 aromatic heterocycles. The van der Waals surface area contributed by atoms with Gasteiger partial charge in [-0.2, -0.15) is 8.78 Å². The van der Waals surface area contributed by atoms with E-state index < -0.39 is 6.61 Å². The fourth-order valence-corrected chi connectivity index (χ4v) is 3.14. The molecule has 1 aromatic carbocycles. The number of nitrogens with zero attached hydrogens (tertiary/aromatic N) is 2. The second-order valence-corrected chi connectivity index (χ2v) is 6.41. The third-order valence-electron chi connectivity index (χ3n) is 4.50. The van der Waals surface area contributed by atoms with E-state index in [1.165, 1.54) is 6.42 Å². The minimum Gasteiger partial charge on any atom is -0.490 e. The number of guanidine groups is 1. The SMILES string of the molecule is CCNC(=NCc1cccc(OCC)c1OC(F)F)NCC1CCCN1C.I. The van der Waals surface area contributed by atoms with Gasteiger partial charge in [0.1, 0.15) is 0 Å². The molecule has 1 heterocycles. The van der Waals surface area contributed by atoms with Crippen LogP contribution in [0.2, 0.25) is 0 Å². The number of hydrogen-bond donors (Lipinski definition) is 2. The molecule has 1 aromatic rings. The van der Waals surface area contributed by atoms with Crippen LogP contribution >= 0.6 is 24.0 Å². The van der Waals surface area contributed by atoms with Crippen molar-refractivity contribution in [2.75, 3.05) is 33.3 Å². The Kier molecular flexibility index (Phi) is 11.4. The van der Waals surface area contributed by atoms with Crippen molar-refractivity contribution in [1.82, 2.24) is 15.5 Å². The lowest BCUT2D eigenvalue weighted by atomic mass is 10.2. The van der Waals surface area contributed by atoms with Crippen LogP contribution in [0, 0.1) is 0 Å². The summed E-state index contributed by atoms with van der Waals surface area (Å²) in [5.74, 6) is 1.00. The zero-order valence-electron chi connectivity index (χ0n) is 16.7. The number of likely N-dealkylation sites (N-methyl/N-ethyl adjacent to an activating group) is 1. The first-order valence-electron chi connectivity index (χ1n) is 9.47. The molecule has 0 amide bonds. The molecule has 9 heteroatoms. The summed E-state index contributed by atoms with van der Waals surface area (Å²) in [6.45, 7) is 4.05. The van der Waals surface area contributed by atoms with Crippen molar-refractivity contribution in [2.45, 2.75) is 45.9 Å². The van der Waals surface area contributed by atoms with E-state index >= 15 is 0 Å². The Morgan fingerprint density at radius 1 is 1.32 bits per heavy atom. The molecule has 0 radical (unpaired) electrons. The van der Waals surface area contributed by atoms with Gasteiger partial charge in [-0.15, -0.1) is 24.0 Å². The molecule has 1 fully saturated rings. The first kappa shape index (κ1) is 24.7. The van der Waals surface area contributed by atoms with Gasteiger partial charge in [0.2, 0.25) is 0 Å². The summed E-state index contributed by atoms with van der Waals surface area (Å²) in [5, 5.41) is 6.53. The van der Waals surface area contributed by atoms with E-state index in [1.54, 1.807) is 25.1 Å². The number of aliphatic imine (C=N–C) groups is 1. The van der Waals surface area contributed by atoms with Gasteiger partial charge >= 0.3 is 6.61 Å². The first-order chi connectivity index (χ1) is 13.0. The van der Waals surface area contributed by atoms with Crippen LogP contribution in [-0.4, -0.2) is 56.8 Å². The highest BCUT2D eigenvalue weighted by Gasteiger charge is 2.21. The summed E-state index contributed by atoms with van der Waals surface area (Å²) < 4.78 is 35.8. The number of halogens is 3. The summed E-state index contributed by atoms with van der Waals surface area (Å²) in [6.07, 6.45) is 2.36. The average Bonchev–Trinajstić information content (AvgIpc) is 3.04. The molecule has 0 spiro atoms. The van der Waals surface area contributed by atoms with Crippen LogP contribution in [0.25, 0.3) is 0 Å². The lowest BCUT2D eigenvalue weighted by Crippen LogP contribution is -2.44. The average molecular weight is 512 g/mol. The maximum atomic E-state index is 12.8. The van der Waals surface area contributed by atoms with Gasteiger partial charge < -0.3 is 25.0 Å². The number of benzene rings is 1. The van der Waals surface area contributed by atoms with Gasteiger partial charge in [-0.05, 0) is 46.3 Å². The summed E-state index contributed by atoms with van der Waals surface area (Å²) in [4.78, 5) is 6.86. The minimum atomic E-state index is -2.92. The molecule has 160 valence electrons. The molecule has 1 aliphatic heterocycles. The minimum absolute atomic E-state index is 0. The summed E-state index contributed by atoms with van der Waals surface area (Å²) in [5.41, 5.74) is 0.552. The van der Waals surface area contributed by atoms with Gasteiger partial charge in [-0.1, -0.05) is 12.1 Å². The van der Waals surface area contributed by atoms with E-state index in [-0.39, 0.29) is 36.3 Å². The smallest absolute Gasteiger partial charge is 0.387 e. The van der Waals surface area contributed by atoms with Gasteiger partial charge in [0, 0.05) is 24.7 Å². The van der Waals surface area contributed by atoms with Crippen LogP contribution < -0.4 is 20.1 Å². The van der Waals surface area contributed by atoms with E-state index in [2.05, 4.69) is 27.6 Å². The molecule has 1 aliphatic rings. The Morgan fingerprint density at radius 3 is 2.71 bits per heavy atom. The normalized spacial score (nSPS) is 17.4. The number of rotatable bonds is 9. The van der Waals surface area contributed by atoms with E-state index in [1.807, 2.05) is 6.92 Å². The van der Waals surface area contributed by atoms with Crippen LogP contribution in [0.15, 0.2) is 23.2 Å². The Morgan fingerprint density at radius 2 is 2.11 bits per heavy atom. The maximum Gasteiger partial charge on any atom is 0.387 e. The molecule has 2 rings (SSSR count). The standard InChI is InChI=1S/C19H30F2N4O2.HI/c1-4-22-19(24-13-15-9-7-11-25(15)3)23-12-14-8-6-10-16(26-5-2)17(14)27-18(20)21;/h6,8,10,15,18H,4-5,7,9,11-13H2,1-3H3,(H2,22,23,24);1H. The van der Waals surface area contributed by atoms with Crippen molar-refractivity contribution in [3.63, 3.8) is 0 Å². The van der Waals surface area contributed by atoms with Gasteiger partial charge in [0.05, 0.1) is 13.2 Å². The first-order valence-corrected chi connectivity index (χ1v) is 9.47. The van der Waals surface area contributed by atoms with E-state index in [0.717, 1.165) is 19.5 Å². The van der Waals surface area contributed by atoms with Crippen LogP contribution in [0.4, 0.5) is 8.78 Å². The second-order valence-electron chi connectivity index (χ2n) is 6.41. The van der Waals surface area contributed by atoms with Crippen LogP contribution in [0.3, 0.4) is 0 Å². The number of nitrogens with one attached hydrogen (secondary N) is 2. The molecule has 0 bridgehead atoms. The number of likely N-dealkylation sites (tertiary alicyclic amines) is 1. The fourth-order valence-electron chi connectivity index (χ4n) is 3.14. The number of para-hydroxylation sites is 1. The third-order valence-corrected chi connectivity index (χ3v) is 4.50. The summed E-state index contributed by atoms with van der Waals surface area (Å²) >= 11 is 0. The van der Waals surface area contributed by atoms with Crippen LogP contribution in [-0.2, 0) is 6.54 Å². The van der Waals surface area contributed by atoms with Crippen molar-refractivity contribution in [2.24, 2.45) is 4.99 Å². The predicted molar refractivity (Wildman–Crippen MR) is 118 cm³/mol. The molecule has 1 saturated heterocycles. The zero-order valence-corrected chi connectivity index (χ0v) is 19.0. The van der Waals surface area contributed by atoms with Crippen molar-refractivity contribution in [3.8, 4) is 11.5 Å². The highest BCUT2D eigenvalue weighted by molar-refractivity contribution is 14.0. The Hall–Kier alpha value is -1.36. The molecule has 0 saturated carbocycles. The van der Waals surface area contributed by atoms with Crippen molar-refractivity contribution >= 4 is 29.9 Å². The predicted octanol–water partition coefficient (Wildman–Crippen LogP) is 3.45. The van der Waals surface area contributed by atoms with E-state index in [9.17, 15) is 8.78 Å². The largest absolute Gasteiger partial charge is 0.490 e. The lowest BCUT2D eigenvalue weighted by Gasteiger charge is -2.21. The van der Waals surface area contributed by atoms with E-state index in [0.29, 0.717) is 36.5 Å². The maximum absolute atomic E-state index is 12.8. The molecule has 28 heavy (non-hydrogen) atoms. The molecule has 6 nitrogen and oxygen atoms in total. The molecule has 1 atom stereocenters. The highest BCUT2D eigenvalue weighted by Crippen LogP contribution is 2.33. The number of alkyl halides is 2. The van der Waals surface area contributed by atoms with Crippen molar-refractivity contribution < 1.29 is 18.3 Å². The van der Waals surface area contributed by atoms with Crippen molar-refractivity contribution in [3.05, 3.63) is 23.8 Å². The molecule has 0 aliphatic carbocycles. The van der Waals surface area contributed by atoms with Crippen LogP contribution in [0.1, 0.15) is 32.3 Å². The summed E-state index contributed by atoms with van der Waals surface area (Å²) in [6, 6.07) is 5.57. The molecule has 2 N–H and O–H groups in total. The van der Waals surface area contributed by atoms with E-state index in [4.69, 9.17) is 9.47 Å². The Labute approximate surface area is 183 Å². The zero-order chi connectivity index (χ0) is 19.6. The van der Waals surface area contributed by atoms with Gasteiger partial charge in [0.15, 0.2) is 17.5 Å².